The van der Waals surface area contributed by atoms with Crippen LogP contribution in [0.1, 0.15) is 42.9 Å². The van der Waals surface area contributed by atoms with E-state index in [0.29, 0.717) is 0 Å². The summed E-state index contributed by atoms with van der Waals surface area (Å²) in [6.07, 6.45) is 7.21. The van der Waals surface area contributed by atoms with E-state index in [9.17, 15) is 5.11 Å². The summed E-state index contributed by atoms with van der Waals surface area (Å²) in [6, 6.07) is 4.39. The Labute approximate surface area is 127 Å². The molecule has 2 nitrogen and oxygen atoms in total. The smallest absolute Gasteiger partial charge is 0.124 e. The zero-order valence-electron chi connectivity index (χ0n) is 13.4. The van der Waals surface area contributed by atoms with Gasteiger partial charge in [0.15, 0.2) is 0 Å². The molecule has 0 amide bonds. The molecule has 2 aliphatic rings. The Morgan fingerprint density at radius 3 is 2.52 bits per heavy atom. The first kappa shape index (κ1) is 14.4. The second-order valence-corrected chi connectivity index (χ2v) is 6.65. The molecule has 0 saturated heterocycles. The zero-order valence-corrected chi connectivity index (χ0v) is 13.4. The normalized spacial score (nSPS) is 28.0. The predicted octanol–water partition coefficient (Wildman–Crippen LogP) is 4.19. The largest absolute Gasteiger partial charge is 0.496 e. The van der Waals surface area contributed by atoms with Gasteiger partial charge in [-0.25, -0.2) is 0 Å². The van der Waals surface area contributed by atoms with Crippen molar-refractivity contribution >= 4 is 5.57 Å². The number of ether oxygens (including phenoxy) is 1. The second-order valence-electron chi connectivity index (χ2n) is 6.65. The number of aliphatic hydroxyl groups excluding tert-OH is 1. The third-order valence-corrected chi connectivity index (χ3v) is 5.23. The highest BCUT2D eigenvalue weighted by Gasteiger charge is 2.42. The van der Waals surface area contributed by atoms with Crippen molar-refractivity contribution in [1.82, 2.24) is 0 Å². The maximum Gasteiger partial charge on any atom is 0.124 e. The molecular formula is C19H24O2. The number of aliphatic hydroxyl groups is 1. The average Bonchev–Trinajstić information content (AvgIpc) is 2.74. The van der Waals surface area contributed by atoms with Crippen LogP contribution in [0.2, 0.25) is 0 Å². The van der Waals surface area contributed by atoms with Gasteiger partial charge in [-0.1, -0.05) is 24.6 Å². The van der Waals surface area contributed by atoms with Gasteiger partial charge in [0, 0.05) is 5.41 Å². The van der Waals surface area contributed by atoms with Crippen LogP contribution in [-0.4, -0.2) is 18.3 Å². The molecule has 2 aliphatic carbocycles. The van der Waals surface area contributed by atoms with Crippen molar-refractivity contribution in [3.05, 3.63) is 46.5 Å². The molecule has 112 valence electrons. The summed E-state index contributed by atoms with van der Waals surface area (Å²) in [4.78, 5) is 0. The van der Waals surface area contributed by atoms with Crippen molar-refractivity contribution in [3.63, 3.8) is 0 Å². The second kappa shape index (κ2) is 5.03. The number of hydrogen-bond acceptors (Lipinski definition) is 2. The van der Waals surface area contributed by atoms with Crippen LogP contribution >= 0.6 is 0 Å². The van der Waals surface area contributed by atoms with E-state index in [1.165, 1.54) is 27.8 Å². The summed E-state index contributed by atoms with van der Waals surface area (Å²) < 4.78 is 5.45. The van der Waals surface area contributed by atoms with Crippen LogP contribution in [0.3, 0.4) is 0 Å². The third kappa shape index (κ3) is 2.22. The van der Waals surface area contributed by atoms with Crippen molar-refractivity contribution in [2.75, 3.05) is 7.11 Å². The summed E-state index contributed by atoms with van der Waals surface area (Å²) in [5.41, 5.74) is 6.24. The molecule has 1 aromatic carbocycles. The van der Waals surface area contributed by atoms with E-state index < -0.39 is 0 Å². The molecule has 0 radical (unpaired) electrons. The van der Waals surface area contributed by atoms with Gasteiger partial charge in [0.25, 0.3) is 0 Å². The van der Waals surface area contributed by atoms with Gasteiger partial charge in [-0.15, -0.1) is 0 Å². The minimum Gasteiger partial charge on any atom is -0.496 e. The molecular weight excluding hydrogens is 260 g/mol. The quantitative estimate of drug-likeness (QED) is 0.882. The SMILES string of the molecule is COc1c(C)cc(C2=CC[C@@]3(C)C(=C2)CC[C@@H]3O)cc1C. The molecule has 21 heavy (non-hydrogen) atoms. The number of hydrogen-bond donors (Lipinski definition) is 1. The van der Waals surface area contributed by atoms with Crippen molar-refractivity contribution < 1.29 is 9.84 Å². The Hall–Kier alpha value is -1.54. The van der Waals surface area contributed by atoms with E-state index >= 15 is 0 Å². The number of benzene rings is 1. The zero-order chi connectivity index (χ0) is 15.2. The van der Waals surface area contributed by atoms with Gasteiger partial charge in [-0.3, -0.25) is 0 Å². The Morgan fingerprint density at radius 1 is 1.24 bits per heavy atom. The topological polar surface area (TPSA) is 29.5 Å². The predicted molar refractivity (Wildman–Crippen MR) is 86.5 cm³/mol. The number of aryl methyl sites for hydroxylation is 2. The Balaban J connectivity index is 1.99. The number of fused-ring (bicyclic) bond motifs is 1. The van der Waals surface area contributed by atoms with Crippen molar-refractivity contribution in [3.8, 4) is 5.75 Å². The molecule has 0 heterocycles. The van der Waals surface area contributed by atoms with Gasteiger partial charge in [0.1, 0.15) is 5.75 Å². The van der Waals surface area contributed by atoms with Gasteiger partial charge in [0.05, 0.1) is 13.2 Å². The van der Waals surface area contributed by atoms with Crippen LogP contribution < -0.4 is 4.74 Å². The maximum atomic E-state index is 10.2. The summed E-state index contributed by atoms with van der Waals surface area (Å²) in [7, 11) is 1.72. The minimum atomic E-state index is -0.194. The summed E-state index contributed by atoms with van der Waals surface area (Å²) in [5.74, 6) is 0.976. The van der Waals surface area contributed by atoms with E-state index in [1.807, 2.05) is 0 Å². The van der Waals surface area contributed by atoms with E-state index in [4.69, 9.17) is 4.74 Å². The fourth-order valence-corrected chi connectivity index (χ4v) is 3.82. The van der Waals surface area contributed by atoms with Crippen LogP contribution in [0.5, 0.6) is 5.75 Å². The van der Waals surface area contributed by atoms with Crippen LogP contribution in [0.15, 0.2) is 29.9 Å². The number of methoxy groups -OCH3 is 1. The number of rotatable bonds is 2. The van der Waals surface area contributed by atoms with Crippen molar-refractivity contribution in [2.24, 2.45) is 5.41 Å². The lowest BCUT2D eigenvalue weighted by Crippen LogP contribution is -2.28. The van der Waals surface area contributed by atoms with Crippen LogP contribution in [0.4, 0.5) is 0 Å². The van der Waals surface area contributed by atoms with Crippen LogP contribution in [0, 0.1) is 19.3 Å². The molecule has 0 bridgehead atoms. The first-order valence-corrected chi connectivity index (χ1v) is 7.70. The van der Waals surface area contributed by atoms with E-state index in [1.54, 1.807) is 7.11 Å². The summed E-state index contributed by atoms with van der Waals surface area (Å²) >= 11 is 0. The van der Waals surface area contributed by atoms with Gasteiger partial charge in [-0.05, 0) is 67.5 Å². The van der Waals surface area contributed by atoms with Gasteiger partial charge in [0.2, 0.25) is 0 Å². The Morgan fingerprint density at radius 2 is 1.90 bits per heavy atom. The van der Waals surface area contributed by atoms with E-state index in [2.05, 4.69) is 45.1 Å². The fourth-order valence-electron chi connectivity index (χ4n) is 3.82. The fraction of sp³-hybridized carbons (Fsp3) is 0.474. The molecule has 2 heteroatoms. The van der Waals surface area contributed by atoms with Crippen molar-refractivity contribution in [2.45, 2.75) is 46.1 Å². The molecule has 1 fully saturated rings. The molecule has 1 N–H and O–H groups in total. The lowest BCUT2D eigenvalue weighted by atomic mass is 9.74. The Kier molecular flexibility index (Phi) is 3.45. The van der Waals surface area contributed by atoms with E-state index in [-0.39, 0.29) is 11.5 Å². The Bertz CT molecular complexity index is 616. The van der Waals surface area contributed by atoms with Crippen LogP contribution in [0.25, 0.3) is 5.57 Å². The molecule has 0 aromatic heterocycles. The number of allylic oxidation sites excluding steroid dienone is 3. The maximum absolute atomic E-state index is 10.2. The standard InChI is InChI=1S/C19H24O2/c1-12-9-15(10-13(2)18(12)21-4)14-7-8-19(3)16(11-14)5-6-17(19)20/h7,9-11,17,20H,5-6,8H2,1-4H3/t17-,19-/m0/s1. The molecule has 3 rings (SSSR count). The highest BCUT2D eigenvalue weighted by atomic mass is 16.5. The average molecular weight is 284 g/mol. The van der Waals surface area contributed by atoms with Crippen molar-refractivity contribution in [1.29, 1.82) is 0 Å². The molecule has 2 atom stereocenters. The van der Waals surface area contributed by atoms with Gasteiger partial charge >= 0.3 is 0 Å². The summed E-state index contributed by atoms with van der Waals surface area (Å²) in [6.45, 7) is 6.37. The minimum absolute atomic E-state index is 0.0416. The monoisotopic (exact) mass is 284 g/mol. The highest BCUT2D eigenvalue weighted by molar-refractivity contribution is 5.78. The lowest BCUT2D eigenvalue weighted by Gasteiger charge is -2.32. The third-order valence-electron chi connectivity index (χ3n) is 5.23. The van der Waals surface area contributed by atoms with Crippen LogP contribution in [-0.2, 0) is 0 Å². The van der Waals surface area contributed by atoms with Gasteiger partial charge < -0.3 is 9.84 Å². The first-order chi connectivity index (χ1) is 9.95. The van der Waals surface area contributed by atoms with Gasteiger partial charge in [-0.2, -0.15) is 0 Å². The molecule has 0 unspecified atom stereocenters. The molecule has 0 spiro atoms. The lowest BCUT2D eigenvalue weighted by molar-refractivity contribution is 0.0853. The molecule has 1 aromatic rings. The molecule has 1 saturated carbocycles. The highest BCUT2D eigenvalue weighted by Crippen LogP contribution is 2.49. The molecule has 0 aliphatic heterocycles. The first-order valence-electron chi connectivity index (χ1n) is 7.70. The van der Waals surface area contributed by atoms with E-state index in [0.717, 1.165) is 25.0 Å². The summed E-state index contributed by atoms with van der Waals surface area (Å²) in [5, 5.41) is 10.2.